The van der Waals surface area contributed by atoms with E-state index < -0.39 is 11.9 Å². The minimum atomic E-state index is -4.60. The summed E-state index contributed by atoms with van der Waals surface area (Å²) in [5.74, 6) is -0.0114. The molecule has 0 atom stereocenters. The van der Waals surface area contributed by atoms with Crippen molar-refractivity contribution in [3.63, 3.8) is 0 Å². The number of thiophene rings is 1. The number of nitrogens with zero attached hydrogens (tertiary/aromatic N) is 3. The molecule has 0 saturated carbocycles. The van der Waals surface area contributed by atoms with Gasteiger partial charge in [0.15, 0.2) is 5.82 Å². The predicted molar refractivity (Wildman–Crippen MR) is 109 cm³/mol. The minimum Gasteiger partial charge on any atom is -0.255 e. The molecule has 8 heteroatoms. The Morgan fingerprint density at radius 2 is 1.76 bits per heavy atom. The minimum absolute atomic E-state index is 0.0114. The molecule has 4 rings (SSSR count). The fraction of sp³-hybridized carbons (Fsp3) is 0.0952. The Bertz CT molecular complexity index is 1170. The zero-order chi connectivity index (χ0) is 20.6. The first kappa shape index (κ1) is 19.5. The third kappa shape index (κ3) is 4.16. The van der Waals surface area contributed by atoms with Crippen LogP contribution in [0.15, 0.2) is 60.1 Å². The normalized spacial score (nSPS) is 11.6. The molecule has 3 aromatic heterocycles. The number of alkyl halides is 3. The number of hydrogen-bond acceptors (Lipinski definition) is 4. The Labute approximate surface area is 173 Å². The highest BCUT2D eigenvalue weighted by Gasteiger charge is 2.34. The first-order valence-electron chi connectivity index (χ1n) is 8.54. The Kier molecular flexibility index (Phi) is 5.10. The lowest BCUT2D eigenvalue weighted by Crippen LogP contribution is -2.10. The number of aromatic nitrogens is 3. The first-order valence-corrected chi connectivity index (χ1v) is 9.80. The van der Waals surface area contributed by atoms with Crippen molar-refractivity contribution in [3.8, 4) is 33.2 Å². The van der Waals surface area contributed by atoms with Crippen LogP contribution >= 0.6 is 22.9 Å². The molecule has 0 spiro atoms. The molecule has 0 aliphatic heterocycles. The maximum Gasteiger partial charge on any atom is 0.433 e. The molecule has 1 aromatic carbocycles. The third-order valence-corrected chi connectivity index (χ3v) is 5.58. The standard InChI is InChI=1S/C21H13ClF3N3S/c1-12-9-13(4-5-15(12)22)16-11-19(21(23,24)25)28-20(27-16)14-6-7-26-17(10-14)18-3-2-8-29-18/h2-11H,1H3. The van der Waals surface area contributed by atoms with E-state index in [1.807, 2.05) is 17.5 Å². The van der Waals surface area contributed by atoms with E-state index in [1.165, 1.54) is 11.3 Å². The SMILES string of the molecule is Cc1cc(-c2cc(C(F)(F)F)nc(-c3ccnc(-c4cccs4)c3)n2)ccc1Cl. The summed E-state index contributed by atoms with van der Waals surface area (Å²) in [7, 11) is 0. The van der Waals surface area contributed by atoms with Gasteiger partial charge in [0.2, 0.25) is 0 Å². The lowest BCUT2D eigenvalue weighted by molar-refractivity contribution is -0.141. The van der Waals surface area contributed by atoms with Crippen LogP contribution in [0.25, 0.3) is 33.2 Å². The lowest BCUT2D eigenvalue weighted by Gasteiger charge is -2.12. The Morgan fingerprint density at radius 3 is 2.45 bits per heavy atom. The average molecular weight is 432 g/mol. The van der Waals surface area contributed by atoms with Crippen molar-refractivity contribution in [2.75, 3.05) is 0 Å². The van der Waals surface area contributed by atoms with Crippen molar-refractivity contribution in [1.82, 2.24) is 15.0 Å². The molecular weight excluding hydrogens is 419 g/mol. The van der Waals surface area contributed by atoms with Crippen molar-refractivity contribution in [2.45, 2.75) is 13.1 Å². The lowest BCUT2D eigenvalue weighted by atomic mass is 10.1. The van der Waals surface area contributed by atoms with E-state index in [4.69, 9.17) is 11.6 Å². The molecule has 0 amide bonds. The summed E-state index contributed by atoms with van der Waals surface area (Å²) in [4.78, 5) is 13.4. The summed E-state index contributed by atoms with van der Waals surface area (Å²) in [5, 5.41) is 2.44. The zero-order valence-electron chi connectivity index (χ0n) is 15.0. The average Bonchev–Trinajstić information content (AvgIpc) is 3.24. The molecule has 0 saturated heterocycles. The summed E-state index contributed by atoms with van der Waals surface area (Å²) in [6.45, 7) is 1.79. The fourth-order valence-electron chi connectivity index (χ4n) is 2.80. The van der Waals surface area contributed by atoms with E-state index >= 15 is 0 Å². The van der Waals surface area contributed by atoms with Gasteiger partial charge >= 0.3 is 6.18 Å². The monoisotopic (exact) mass is 431 g/mol. The van der Waals surface area contributed by atoms with Crippen LogP contribution < -0.4 is 0 Å². The topological polar surface area (TPSA) is 38.7 Å². The zero-order valence-corrected chi connectivity index (χ0v) is 16.6. The summed E-state index contributed by atoms with van der Waals surface area (Å²) in [5.41, 5.74) is 1.58. The van der Waals surface area contributed by atoms with Gasteiger partial charge in [0, 0.05) is 22.3 Å². The number of pyridine rings is 1. The van der Waals surface area contributed by atoms with Gasteiger partial charge in [0.1, 0.15) is 5.69 Å². The van der Waals surface area contributed by atoms with Crippen LogP contribution in [0.2, 0.25) is 5.02 Å². The molecule has 0 aliphatic carbocycles. The number of hydrogen-bond donors (Lipinski definition) is 0. The molecule has 0 N–H and O–H groups in total. The summed E-state index contributed by atoms with van der Waals surface area (Å²) in [6.07, 6.45) is -3.06. The van der Waals surface area contributed by atoms with Gasteiger partial charge in [-0.05, 0) is 54.3 Å². The van der Waals surface area contributed by atoms with Gasteiger partial charge in [-0.1, -0.05) is 23.7 Å². The molecule has 3 heterocycles. The second-order valence-electron chi connectivity index (χ2n) is 6.33. The quantitative estimate of drug-likeness (QED) is 0.353. The van der Waals surface area contributed by atoms with E-state index in [1.54, 1.807) is 43.5 Å². The molecule has 4 aromatic rings. The molecule has 0 aliphatic rings. The highest BCUT2D eigenvalue weighted by atomic mass is 35.5. The van der Waals surface area contributed by atoms with Crippen LogP contribution in [-0.4, -0.2) is 15.0 Å². The summed E-state index contributed by atoms with van der Waals surface area (Å²) < 4.78 is 40.5. The van der Waals surface area contributed by atoms with Gasteiger partial charge < -0.3 is 0 Å². The van der Waals surface area contributed by atoms with Gasteiger partial charge in [-0.15, -0.1) is 11.3 Å². The van der Waals surface area contributed by atoms with Crippen molar-refractivity contribution >= 4 is 22.9 Å². The van der Waals surface area contributed by atoms with E-state index in [9.17, 15) is 13.2 Å². The van der Waals surface area contributed by atoms with Crippen LogP contribution in [0.5, 0.6) is 0 Å². The van der Waals surface area contributed by atoms with E-state index in [2.05, 4.69) is 15.0 Å². The van der Waals surface area contributed by atoms with Crippen LogP contribution in [0, 0.1) is 6.92 Å². The second-order valence-corrected chi connectivity index (χ2v) is 7.69. The third-order valence-electron chi connectivity index (χ3n) is 4.26. The molecule has 29 heavy (non-hydrogen) atoms. The van der Waals surface area contributed by atoms with Gasteiger partial charge in [0.25, 0.3) is 0 Å². The molecule has 0 radical (unpaired) electrons. The van der Waals surface area contributed by atoms with Crippen molar-refractivity contribution < 1.29 is 13.2 Å². The maximum absolute atomic E-state index is 13.5. The fourth-order valence-corrected chi connectivity index (χ4v) is 3.61. The van der Waals surface area contributed by atoms with Gasteiger partial charge in [-0.25, -0.2) is 9.97 Å². The largest absolute Gasteiger partial charge is 0.433 e. The molecule has 3 nitrogen and oxygen atoms in total. The Morgan fingerprint density at radius 1 is 0.931 bits per heavy atom. The second kappa shape index (κ2) is 7.57. The van der Waals surface area contributed by atoms with Crippen molar-refractivity contribution in [3.05, 3.63) is 76.4 Å². The van der Waals surface area contributed by atoms with Crippen LogP contribution in [0.3, 0.4) is 0 Å². The Hall–Kier alpha value is -2.77. The van der Waals surface area contributed by atoms with Crippen LogP contribution in [0.4, 0.5) is 13.2 Å². The van der Waals surface area contributed by atoms with E-state index in [0.717, 1.165) is 16.5 Å². The number of benzene rings is 1. The van der Waals surface area contributed by atoms with Gasteiger partial charge in [0.05, 0.1) is 16.3 Å². The smallest absolute Gasteiger partial charge is 0.255 e. The molecule has 0 unspecified atom stereocenters. The van der Waals surface area contributed by atoms with Crippen LogP contribution in [0.1, 0.15) is 11.3 Å². The molecule has 146 valence electrons. The number of halogens is 4. The number of rotatable bonds is 3. The van der Waals surface area contributed by atoms with Crippen LogP contribution in [-0.2, 0) is 6.18 Å². The first-order chi connectivity index (χ1) is 13.8. The summed E-state index contributed by atoms with van der Waals surface area (Å²) in [6, 6.07) is 13.0. The molecule has 0 fully saturated rings. The molecule has 0 bridgehead atoms. The van der Waals surface area contributed by atoms with Crippen molar-refractivity contribution in [1.29, 1.82) is 0 Å². The number of aryl methyl sites for hydroxylation is 1. The predicted octanol–water partition coefficient (Wildman–Crippen LogP) is 6.91. The van der Waals surface area contributed by atoms with Crippen molar-refractivity contribution in [2.24, 2.45) is 0 Å². The van der Waals surface area contributed by atoms with Gasteiger partial charge in [-0.3, -0.25) is 4.98 Å². The molecular formula is C21H13ClF3N3S. The highest BCUT2D eigenvalue weighted by molar-refractivity contribution is 7.13. The maximum atomic E-state index is 13.5. The highest BCUT2D eigenvalue weighted by Crippen LogP contribution is 2.34. The van der Waals surface area contributed by atoms with E-state index in [0.29, 0.717) is 21.8 Å². The van der Waals surface area contributed by atoms with Gasteiger partial charge in [-0.2, -0.15) is 13.2 Å². The van der Waals surface area contributed by atoms with E-state index in [-0.39, 0.29) is 11.5 Å². The summed E-state index contributed by atoms with van der Waals surface area (Å²) >= 11 is 7.54. The Balaban J connectivity index is 1.87.